The van der Waals surface area contributed by atoms with Crippen LogP contribution in [0.15, 0.2) is 35.2 Å². The molecule has 0 aliphatic heterocycles. The summed E-state index contributed by atoms with van der Waals surface area (Å²) in [4.78, 5) is 15.0. The fourth-order valence-corrected chi connectivity index (χ4v) is 2.76. The van der Waals surface area contributed by atoms with Crippen LogP contribution in [0.3, 0.4) is 0 Å². The Morgan fingerprint density at radius 3 is 2.60 bits per heavy atom. The molecule has 1 amide bonds. The molecule has 0 fully saturated rings. The molecule has 0 heterocycles. The first kappa shape index (κ1) is 17.1. The van der Waals surface area contributed by atoms with Crippen molar-refractivity contribution >= 4 is 17.7 Å². The SMILES string of the molecule is CN(CCCCCO)C(=O)CCCSc1ccccc1. The van der Waals surface area contributed by atoms with E-state index >= 15 is 0 Å². The monoisotopic (exact) mass is 295 g/mol. The molecule has 0 aliphatic carbocycles. The molecule has 0 aromatic heterocycles. The van der Waals surface area contributed by atoms with Gasteiger partial charge in [0.1, 0.15) is 0 Å². The van der Waals surface area contributed by atoms with Crippen LogP contribution in [0.25, 0.3) is 0 Å². The third kappa shape index (κ3) is 7.56. The Morgan fingerprint density at radius 1 is 1.15 bits per heavy atom. The first-order chi connectivity index (χ1) is 9.74. The van der Waals surface area contributed by atoms with E-state index in [0.29, 0.717) is 6.42 Å². The number of amides is 1. The number of carbonyl (C=O) groups is 1. The number of hydrogen-bond donors (Lipinski definition) is 1. The molecular weight excluding hydrogens is 270 g/mol. The quantitative estimate of drug-likeness (QED) is 0.532. The van der Waals surface area contributed by atoms with Gasteiger partial charge in [-0.2, -0.15) is 0 Å². The number of benzene rings is 1. The number of carbonyl (C=O) groups excluding carboxylic acids is 1. The lowest BCUT2D eigenvalue weighted by atomic mass is 10.2. The fraction of sp³-hybridized carbons (Fsp3) is 0.562. The largest absolute Gasteiger partial charge is 0.396 e. The zero-order chi connectivity index (χ0) is 14.6. The van der Waals surface area contributed by atoms with Crippen LogP contribution in [0, 0.1) is 0 Å². The zero-order valence-corrected chi connectivity index (χ0v) is 13.1. The van der Waals surface area contributed by atoms with E-state index in [0.717, 1.165) is 38.0 Å². The van der Waals surface area contributed by atoms with Gasteiger partial charge in [-0.25, -0.2) is 0 Å². The molecule has 0 saturated carbocycles. The predicted molar refractivity (Wildman–Crippen MR) is 85.0 cm³/mol. The van der Waals surface area contributed by atoms with E-state index < -0.39 is 0 Å². The van der Waals surface area contributed by atoms with Gasteiger partial charge >= 0.3 is 0 Å². The summed E-state index contributed by atoms with van der Waals surface area (Å²) in [7, 11) is 1.87. The number of rotatable bonds is 10. The smallest absolute Gasteiger partial charge is 0.222 e. The van der Waals surface area contributed by atoms with E-state index in [9.17, 15) is 4.79 Å². The zero-order valence-electron chi connectivity index (χ0n) is 12.3. The molecule has 0 bridgehead atoms. The highest BCUT2D eigenvalue weighted by molar-refractivity contribution is 7.99. The van der Waals surface area contributed by atoms with Crippen molar-refractivity contribution in [2.45, 2.75) is 37.0 Å². The molecule has 4 heteroatoms. The standard InChI is InChI=1S/C16H25NO2S/c1-17(12-6-3-7-13-18)16(19)11-8-14-20-15-9-4-2-5-10-15/h2,4-5,9-10,18H,3,6-8,11-14H2,1H3. The number of unbranched alkanes of at least 4 members (excludes halogenated alkanes) is 2. The summed E-state index contributed by atoms with van der Waals surface area (Å²) in [6, 6.07) is 10.3. The first-order valence-corrected chi connectivity index (χ1v) is 8.25. The summed E-state index contributed by atoms with van der Waals surface area (Å²) >= 11 is 1.80. The molecule has 0 radical (unpaired) electrons. The summed E-state index contributed by atoms with van der Waals surface area (Å²) in [5, 5.41) is 8.70. The molecule has 1 aromatic rings. The Bertz CT molecular complexity index is 370. The second kappa shape index (κ2) is 10.7. The highest BCUT2D eigenvalue weighted by Gasteiger charge is 2.07. The molecular formula is C16H25NO2S. The molecule has 1 aromatic carbocycles. The highest BCUT2D eigenvalue weighted by Crippen LogP contribution is 2.18. The topological polar surface area (TPSA) is 40.5 Å². The minimum absolute atomic E-state index is 0.225. The van der Waals surface area contributed by atoms with E-state index in [1.807, 2.05) is 30.1 Å². The number of hydrogen-bond acceptors (Lipinski definition) is 3. The average Bonchev–Trinajstić information content (AvgIpc) is 2.48. The molecule has 20 heavy (non-hydrogen) atoms. The Morgan fingerprint density at radius 2 is 1.90 bits per heavy atom. The normalized spacial score (nSPS) is 10.5. The van der Waals surface area contributed by atoms with Gasteiger partial charge in [-0.15, -0.1) is 11.8 Å². The van der Waals surface area contributed by atoms with Crippen molar-refractivity contribution in [1.82, 2.24) is 4.90 Å². The summed E-state index contributed by atoms with van der Waals surface area (Å²) in [6.45, 7) is 1.04. The first-order valence-electron chi connectivity index (χ1n) is 7.26. The number of aliphatic hydroxyl groups excluding tert-OH is 1. The Kier molecular flexibility index (Phi) is 9.16. The molecule has 0 aliphatic rings. The third-order valence-electron chi connectivity index (χ3n) is 3.12. The van der Waals surface area contributed by atoms with Crippen LogP contribution in [0.5, 0.6) is 0 Å². The van der Waals surface area contributed by atoms with Crippen molar-refractivity contribution in [3.8, 4) is 0 Å². The summed E-state index contributed by atoms with van der Waals surface area (Å²) in [6.07, 6.45) is 4.32. The minimum Gasteiger partial charge on any atom is -0.396 e. The van der Waals surface area contributed by atoms with Gasteiger partial charge in [0.05, 0.1) is 0 Å². The van der Waals surface area contributed by atoms with Gasteiger partial charge < -0.3 is 10.0 Å². The number of aliphatic hydroxyl groups is 1. The maximum atomic E-state index is 11.9. The summed E-state index contributed by atoms with van der Waals surface area (Å²) < 4.78 is 0. The van der Waals surface area contributed by atoms with Gasteiger partial charge in [0, 0.05) is 31.5 Å². The van der Waals surface area contributed by atoms with Crippen molar-refractivity contribution in [2.24, 2.45) is 0 Å². The Hall–Kier alpha value is -1.00. The molecule has 0 spiro atoms. The van der Waals surface area contributed by atoms with E-state index in [4.69, 9.17) is 5.11 Å². The van der Waals surface area contributed by atoms with E-state index in [1.54, 1.807) is 11.8 Å². The average molecular weight is 295 g/mol. The van der Waals surface area contributed by atoms with Crippen LogP contribution in [0.1, 0.15) is 32.1 Å². The van der Waals surface area contributed by atoms with Crippen LogP contribution < -0.4 is 0 Å². The van der Waals surface area contributed by atoms with Gasteiger partial charge in [-0.05, 0) is 43.6 Å². The highest BCUT2D eigenvalue weighted by atomic mass is 32.2. The molecule has 112 valence electrons. The molecule has 0 atom stereocenters. The van der Waals surface area contributed by atoms with Gasteiger partial charge in [0.25, 0.3) is 0 Å². The van der Waals surface area contributed by atoms with E-state index in [-0.39, 0.29) is 12.5 Å². The van der Waals surface area contributed by atoms with E-state index in [2.05, 4.69) is 12.1 Å². The lowest BCUT2D eigenvalue weighted by Gasteiger charge is -2.16. The van der Waals surface area contributed by atoms with Crippen LogP contribution in [-0.2, 0) is 4.79 Å². The van der Waals surface area contributed by atoms with Crippen molar-refractivity contribution in [3.05, 3.63) is 30.3 Å². The predicted octanol–water partition coefficient (Wildman–Crippen LogP) is 3.18. The maximum absolute atomic E-state index is 11.9. The minimum atomic E-state index is 0.225. The molecule has 0 saturated heterocycles. The Balaban J connectivity index is 2.07. The van der Waals surface area contributed by atoms with Gasteiger partial charge in [0.15, 0.2) is 0 Å². The van der Waals surface area contributed by atoms with Crippen LogP contribution in [0.2, 0.25) is 0 Å². The lowest BCUT2D eigenvalue weighted by Crippen LogP contribution is -2.27. The molecule has 0 unspecified atom stereocenters. The van der Waals surface area contributed by atoms with Crippen molar-refractivity contribution < 1.29 is 9.90 Å². The lowest BCUT2D eigenvalue weighted by molar-refractivity contribution is -0.129. The maximum Gasteiger partial charge on any atom is 0.222 e. The summed E-state index contributed by atoms with van der Waals surface area (Å²) in [5.74, 6) is 1.20. The number of nitrogens with zero attached hydrogens (tertiary/aromatic N) is 1. The van der Waals surface area contributed by atoms with Crippen LogP contribution >= 0.6 is 11.8 Å². The molecule has 3 nitrogen and oxygen atoms in total. The van der Waals surface area contributed by atoms with Crippen molar-refractivity contribution in [2.75, 3.05) is 26.0 Å². The van der Waals surface area contributed by atoms with Gasteiger partial charge in [-0.1, -0.05) is 18.2 Å². The second-order valence-electron chi connectivity index (χ2n) is 4.86. The van der Waals surface area contributed by atoms with Crippen molar-refractivity contribution in [3.63, 3.8) is 0 Å². The van der Waals surface area contributed by atoms with Crippen molar-refractivity contribution in [1.29, 1.82) is 0 Å². The summed E-state index contributed by atoms with van der Waals surface area (Å²) in [5.41, 5.74) is 0. The van der Waals surface area contributed by atoms with Crippen LogP contribution in [-0.4, -0.2) is 41.9 Å². The van der Waals surface area contributed by atoms with Gasteiger partial charge in [-0.3, -0.25) is 4.79 Å². The third-order valence-corrected chi connectivity index (χ3v) is 4.22. The van der Waals surface area contributed by atoms with Crippen LogP contribution in [0.4, 0.5) is 0 Å². The fourth-order valence-electron chi connectivity index (χ4n) is 1.88. The molecule has 1 N–H and O–H groups in total. The molecule has 1 rings (SSSR count). The number of thioether (sulfide) groups is 1. The second-order valence-corrected chi connectivity index (χ2v) is 6.03. The Labute approximate surface area is 126 Å². The van der Waals surface area contributed by atoms with E-state index in [1.165, 1.54) is 4.90 Å². The van der Waals surface area contributed by atoms with Gasteiger partial charge in [0.2, 0.25) is 5.91 Å².